The Morgan fingerprint density at radius 2 is 2.00 bits per heavy atom. The van der Waals surface area contributed by atoms with Gasteiger partial charge in [0, 0.05) is 6.54 Å². The first-order valence-electron chi connectivity index (χ1n) is 7.33. The van der Waals surface area contributed by atoms with Gasteiger partial charge in [-0.1, -0.05) is 25.7 Å². The van der Waals surface area contributed by atoms with E-state index in [2.05, 4.69) is 25.3 Å². The summed E-state index contributed by atoms with van der Waals surface area (Å²) >= 11 is 0. The smallest absolute Gasteiger partial charge is 0.311 e. The lowest BCUT2D eigenvalue weighted by atomic mass is 9.80. The summed E-state index contributed by atoms with van der Waals surface area (Å²) in [6, 6.07) is 0. The van der Waals surface area contributed by atoms with Gasteiger partial charge < -0.3 is 15.4 Å². The molecule has 21 heavy (non-hydrogen) atoms. The first-order chi connectivity index (χ1) is 10.2. The third-order valence-electron chi connectivity index (χ3n) is 4.33. The summed E-state index contributed by atoms with van der Waals surface area (Å²) in [5.41, 5.74) is 0.595. The molecule has 1 aliphatic rings. The molecule has 1 saturated carbocycles. The van der Waals surface area contributed by atoms with Crippen LogP contribution in [0.15, 0.2) is 12.7 Å². The zero-order valence-electron chi connectivity index (χ0n) is 11.8. The number of carboxylic acids is 1. The number of aromatic amines is 1. The first-order valence-corrected chi connectivity index (χ1v) is 7.33. The van der Waals surface area contributed by atoms with Gasteiger partial charge in [0.2, 0.25) is 0 Å². The van der Waals surface area contributed by atoms with E-state index >= 15 is 0 Å². The molecule has 2 heterocycles. The Hall–Kier alpha value is -2.18. The van der Waals surface area contributed by atoms with Crippen molar-refractivity contribution in [2.75, 3.05) is 11.9 Å². The van der Waals surface area contributed by atoms with E-state index in [1.165, 1.54) is 6.33 Å². The van der Waals surface area contributed by atoms with Crippen LogP contribution >= 0.6 is 0 Å². The summed E-state index contributed by atoms with van der Waals surface area (Å²) in [5, 5.41) is 12.9. The molecule has 2 aromatic rings. The number of rotatable bonds is 4. The van der Waals surface area contributed by atoms with E-state index in [4.69, 9.17) is 0 Å². The predicted molar refractivity (Wildman–Crippen MR) is 77.9 cm³/mol. The van der Waals surface area contributed by atoms with E-state index in [1.807, 2.05) is 0 Å². The average Bonchev–Trinajstić information content (AvgIpc) is 2.83. The Kier molecular flexibility index (Phi) is 3.72. The van der Waals surface area contributed by atoms with E-state index in [1.54, 1.807) is 6.33 Å². The van der Waals surface area contributed by atoms with Crippen molar-refractivity contribution in [3.63, 3.8) is 0 Å². The van der Waals surface area contributed by atoms with Crippen LogP contribution in [0.2, 0.25) is 0 Å². The summed E-state index contributed by atoms with van der Waals surface area (Å²) < 4.78 is 0. The van der Waals surface area contributed by atoms with Gasteiger partial charge >= 0.3 is 5.97 Å². The van der Waals surface area contributed by atoms with Gasteiger partial charge in [-0.15, -0.1) is 0 Å². The van der Waals surface area contributed by atoms with Gasteiger partial charge in [0.1, 0.15) is 11.8 Å². The summed E-state index contributed by atoms with van der Waals surface area (Å²) in [7, 11) is 0. The van der Waals surface area contributed by atoms with Crippen molar-refractivity contribution in [1.82, 2.24) is 19.9 Å². The molecule has 7 nitrogen and oxygen atoms in total. The molecule has 7 heteroatoms. The molecule has 0 amide bonds. The molecule has 2 aromatic heterocycles. The number of anilines is 1. The largest absolute Gasteiger partial charge is 0.481 e. The molecular weight excluding hydrogens is 270 g/mol. The van der Waals surface area contributed by atoms with Crippen LogP contribution in [-0.2, 0) is 4.79 Å². The number of imidazole rings is 1. The Labute approximate surface area is 122 Å². The maximum absolute atomic E-state index is 11.8. The van der Waals surface area contributed by atoms with Gasteiger partial charge in [-0.25, -0.2) is 15.0 Å². The van der Waals surface area contributed by atoms with Crippen molar-refractivity contribution in [3.8, 4) is 0 Å². The summed E-state index contributed by atoms with van der Waals surface area (Å²) in [4.78, 5) is 27.1. The van der Waals surface area contributed by atoms with Crippen LogP contribution in [0.4, 0.5) is 5.82 Å². The molecule has 1 aliphatic carbocycles. The van der Waals surface area contributed by atoms with Crippen LogP contribution in [0.25, 0.3) is 11.2 Å². The Bertz CT molecular complexity index is 631. The molecule has 0 unspecified atom stereocenters. The number of hydrogen-bond acceptors (Lipinski definition) is 5. The Morgan fingerprint density at radius 1 is 1.24 bits per heavy atom. The lowest BCUT2D eigenvalue weighted by molar-refractivity contribution is -0.149. The van der Waals surface area contributed by atoms with Gasteiger partial charge in [-0.3, -0.25) is 4.79 Å². The second kappa shape index (κ2) is 5.67. The summed E-state index contributed by atoms with van der Waals surface area (Å²) in [6.45, 7) is 0.382. The monoisotopic (exact) mass is 289 g/mol. The number of nitrogens with one attached hydrogen (secondary N) is 2. The van der Waals surface area contributed by atoms with Crippen molar-refractivity contribution < 1.29 is 9.90 Å². The van der Waals surface area contributed by atoms with Crippen molar-refractivity contribution in [2.45, 2.75) is 38.5 Å². The minimum Gasteiger partial charge on any atom is -0.481 e. The third kappa shape index (κ3) is 2.68. The fraction of sp³-hybridized carbons (Fsp3) is 0.571. The standard InChI is InChI=1S/C14H19N5O2/c20-13(21)14(5-3-1-2-4-6-14)7-15-11-10-12(17-8-16-10)19-9-18-11/h8-9H,1-7H2,(H,20,21)(H2,15,16,17,18,19). The number of aliphatic carboxylic acids is 1. The number of aromatic nitrogens is 4. The normalized spacial score (nSPS) is 18.3. The number of nitrogens with zero attached hydrogens (tertiary/aromatic N) is 3. The van der Waals surface area contributed by atoms with Gasteiger partial charge in [0.25, 0.3) is 0 Å². The number of hydrogen-bond donors (Lipinski definition) is 3. The van der Waals surface area contributed by atoms with E-state index < -0.39 is 11.4 Å². The fourth-order valence-electron chi connectivity index (χ4n) is 3.02. The third-order valence-corrected chi connectivity index (χ3v) is 4.33. The molecule has 3 rings (SSSR count). The van der Waals surface area contributed by atoms with Gasteiger partial charge in [0.05, 0.1) is 11.7 Å². The number of H-pyrrole nitrogens is 1. The van der Waals surface area contributed by atoms with E-state index in [9.17, 15) is 9.90 Å². The zero-order chi connectivity index (χ0) is 14.7. The quantitative estimate of drug-likeness (QED) is 0.745. The van der Waals surface area contributed by atoms with Crippen LogP contribution in [-0.4, -0.2) is 37.6 Å². The maximum Gasteiger partial charge on any atom is 0.311 e. The van der Waals surface area contributed by atoms with Gasteiger partial charge in [-0.05, 0) is 12.8 Å². The van der Waals surface area contributed by atoms with Crippen LogP contribution in [0.5, 0.6) is 0 Å². The van der Waals surface area contributed by atoms with Crippen molar-refractivity contribution in [3.05, 3.63) is 12.7 Å². The van der Waals surface area contributed by atoms with Crippen molar-refractivity contribution in [1.29, 1.82) is 0 Å². The van der Waals surface area contributed by atoms with Gasteiger partial charge in [0.15, 0.2) is 11.5 Å². The molecule has 0 bridgehead atoms. The molecule has 0 aliphatic heterocycles. The minimum atomic E-state index is -0.716. The van der Waals surface area contributed by atoms with Crippen LogP contribution in [0.3, 0.4) is 0 Å². The molecule has 0 saturated heterocycles. The molecule has 0 aromatic carbocycles. The lowest BCUT2D eigenvalue weighted by Gasteiger charge is -2.28. The number of carbonyl (C=O) groups is 1. The van der Waals surface area contributed by atoms with Crippen LogP contribution in [0, 0.1) is 5.41 Å². The topological polar surface area (TPSA) is 104 Å². The highest BCUT2D eigenvalue weighted by Gasteiger charge is 2.38. The first kappa shape index (κ1) is 13.8. The van der Waals surface area contributed by atoms with Crippen molar-refractivity contribution in [2.24, 2.45) is 5.41 Å². The minimum absolute atomic E-state index is 0.382. The van der Waals surface area contributed by atoms with Crippen LogP contribution < -0.4 is 5.32 Å². The fourth-order valence-corrected chi connectivity index (χ4v) is 3.02. The lowest BCUT2D eigenvalue weighted by Crippen LogP contribution is -2.37. The molecule has 0 radical (unpaired) electrons. The summed E-state index contributed by atoms with van der Waals surface area (Å²) in [5.74, 6) is -0.103. The second-order valence-corrected chi connectivity index (χ2v) is 5.68. The molecule has 3 N–H and O–H groups in total. The van der Waals surface area contributed by atoms with E-state index in [0.717, 1.165) is 25.7 Å². The number of carboxylic acid groups (broad SMARTS) is 1. The zero-order valence-corrected chi connectivity index (χ0v) is 11.8. The SMILES string of the molecule is O=C(O)C1(CNc2ncnc3nc[nH]c23)CCCCCC1. The average molecular weight is 289 g/mol. The van der Waals surface area contributed by atoms with E-state index in [-0.39, 0.29) is 0 Å². The Balaban J connectivity index is 1.80. The second-order valence-electron chi connectivity index (χ2n) is 5.68. The molecule has 0 spiro atoms. The highest BCUT2D eigenvalue weighted by atomic mass is 16.4. The summed E-state index contributed by atoms with van der Waals surface area (Å²) in [6.07, 6.45) is 8.60. The van der Waals surface area contributed by atoms with Crippen molar-refractivity contribution >= 4 is 23.0 Å². The highest BCUT2D eigenvalue weighted by Crippen LogP contribution is 2.35. The number of fused-ring (bicyclic) bond motifs is 1. The van der Waals surface area contributed by atoms with Crippen LogP contribution in [0.1, 0.15) is 38.5 Å². The predicted octanol–water partition coefficient (Wildman–Crippen LogP) is 2.19. The highest BCUT2D eigenvalue weighted by molar-refractivity contribution is 5.82. The molecule has 0 atom stereocenters. The van der Waals surface area contributed by atoms with E-state index in [0.29, 0.717) is 36.4 Å². The molecule has 112 valence electrons. The maximum atomic E-state index is 11.8. The Morgan fingerprint density at radius 3 is 2.71 bits per heavy atom. The van der Waals surface area contributed by atoms with Gasteiger partial charge in [-0.2, -0.15) is 0 Å². The molecule has 1 fully saturated rings. The molecular formula is C14H19N5O2.